The van der Waals surface area contributed by atoms with Crippen LogP contribution in [0.4, 0.5) is 0 Å². The number of aliphatic hydroxyl groups excluding tert-OH is 1. The van der Waals surface area contributed by atoms with Crippen LogP contribution in [-0.2, 0) is 0 Å². The van der Waals surface area contributed by atoms with Gasteiger partial charge in [-0.1, -0.05) is 57.4 Å². The van der Waals surface area contributed by atoms with E-state index in [2.05, 4.69) is 20.1 Å². The molecule has 76 valence electrons. The molecule has 0 fully saturated rings. The zero-order chi connectivity index (χ0) is 10.1. The number of hydrogen-bond donors (Lipinski definition) is 1. The van der Waals surface area contributed by atoms with Crippen molar-refractivity contribution in [2.75, 3.05) is 0 Å². The van der Waals surface area contributed by atoms with E-state index in [1.54, 1.807) is 6.08 Å². The Hall–Kier alpha value is -0.560. The monoisotopic (exact) mass is 182 g/mol. The lowest BCUT2D eigenvalue weighted by molar-refractivity contribution is 0.162. The number of unbranched alkanes of at least 4 members (excludes halogenated alkanes) is 3. The molecule has 0 rings (SSSR count). The molecule has 0 spiro atoms. The van der Waals surface area contributed by atoms with Crippen LogP contribution in [0.25, 0.3) is 0 Å². The van der Waals surface area contributed by atoms with Crippen LogP contribution < -0.4 is 0 Å². The van der Waals surface area contributed by atoms with Crippen molar-refractivity contribution in [3.05, 3.63) is 24.8 Å². The van der Waals surface area contributed by atoms with Crippen molar-refractivity contribution in [3.63, 3.8) is 0 Å². The zero-order valence-electron chi connectivity index (χ0n) is 8.76. The third-order valence-corrected chi connectivity index (χ3v) is 2.18. The minimum atomic E-state index is -0.220. The quantitative estimate of drug-likeness (QED) is 0.450. The van der Waals surface area contributed by atoms with Gasteiger partial charge in [-0.05, 0) is 12.8 Å². The highest BCUT2D eigenvalue weighted by Gasteiger charge is 2.03. The van der Waals surface area contributed by atoms with E-state index in [1.165, 1.54) is 19.3 Å². The molecule has 0 saturated heterocycles. The summed E-state index contributed by atoms with van der Waals surface area (Å²) in [6, 6.07) is 0. The molecule has 0 aromatic rings. The van der Waals surface area contributed by atoms with Gasteiger partial charge in [-0.2, -0.15) is 0 Å². The van der Waals surface area contributed by atoms with Gasteiger partial charge in [0.1, 0.15) is 0 Å². The maximum Gasteiger partial charge on any atom is 0.0580 e. The first-order valence-electron chi connectivity index (χ1n) is 5.19. The van der Waals surface area contributed by atoms with Crippen LogP contribution in [0.2, 0.25) is 0 Å². The number of rotatable bonds is 8. The van der Waals surface area contributed by atoms with Crippen LogP contribution in [0.15, 0.2) is 24.8 Å². The summed E-state index contributed by atoms with van der Waals surface area (Å²) in [4.78, 5) is 0. The largest absolute Gasteiger partial charge is 0.393 e. The summed E-state index contributed by atoms with van der Waals surface area (Å²) in [5, 5.41) is 9.54. The summed E-state index contributed by atoms with van der Waals surface area (Å²) < 4.78 is 0. The Morgan fingerprint density at radius 2 is 2.08 bits per heavy atom. The summed E-state index contributed by atoms with van der Waals surface area (Å²) in [6.45, 7) is 9.58. The van der Waals surface area contributed by atoms with Gasteiger partial charge in [-0.15, -0.1) is 0 Å². The first kappa shape index (κ1) is 12.4. The predicted molar refractivity (Wildman–Crippen MR) is 58.7 cm³/mol. The van der Waals surface area contributed by atoms with Crippen LogP contribution >= 0.6 is 0 Å². The summed E-state index contributed by atoms with van der Waals surface area (Å²) in [5.41, 5.74) is 0.933. The minimum Gasteiger partial charge on any atom is -0.393 e. The standard InChI is InChI=1S/C12H22O/c1-4-6-7-8-9-12(13)10-11(3)5-2/h5,12-13H,2-4,6-10H2,1H3/t12-/m1/s1. The number of allylic oxidation sites excluding steroid dienone is 1. The minimum absolute atomic E-state index is 0.220. The highest BCUT2D eigenvalue weighted by molar-refractivity contribution is 5.11. The van der Waals surface area contributed by atoms with E-state index in [0.29, 0.717) is 6.42 Å². The third kappa shape index (κ3) is 7.79. The van der Waals surface area contributed by atoms with Crippen LogP contribution in [0.1, 0.15) is 45.4 Å². The van der Waals surface area contributed by atoms with Gasteiger partial charge in [0.25, 0.3) is 0 Å². The molecule has 0 aromatic heterocycles. The fraction of sp³-hybridized carbons (Fsp3) is 0.667. The van der Waals surface area contributed by atoms with E-state index in [0.717, 1.165) is 18.4 Å². The molecule has 0 radical (unpaired) electrons. The molecule has 0 unspecified atom stereocenters. The molecule has 0 saturated carbocycles. The highest BCUT2D eigenvalue weighted by atomic mass is 16.3. The lowest BCUT2D eigenvalue weighted by atomic mass is 10.0. The summed E-state index contributed by atoms with van der Waals surface area (Å²) in [5.74, 6) is 0. The van der Waals surface area contributed by atoms with Gasteiger partial charge in [0.05, 0.1) is 6.10 Å². The van der Waals surface area contributed by atoms with E-state index in [4.69, 9.17) is 0 Å². The number of hydrogen-bond acceptors (Lipinski definition) is 1. The second-order valence-corrected chi connectivity index (χ2v) is 3.57. The lowest BCUT2D eigenvalue weighted by Gasteiger charge is -2.09. The normalized spacial score (nSPS) is 12.5. The van der Waals surface area contributed by atoms with Gasteiger partial charge in [0.15, 0.2) is 0 Å². The molecule has 0 amide bonds. The summed E-state index contributed by atoms with van der Waals surface area (Å²) in [7, 11) is 0. The first-order valence-corrected chi connectivity index (χ1v) is 5.19. The smallest absolute Gasteiger partial charge is 0.0580 e. The van der Waals surface area contributed by atoms with E-state index >= 15 is 0 Å². The van der Waals surface area contributed by atoms with Crippen molar-refractivity contribution in [2.24, 2.45) is 0 Å². The Kier molecular flexibility index (Phi) is 7.71. The maximum absolute atomic E-state index is 9.54. The van der Waals surface area contributed by atoms with E-state index < -0.39 is 0 Å². The van der Waals surface area contributed by atoms with Gasteiger partial charge < -0.3 is 5.11 Å². The Bertz CT molecular complexity index is 149. The van der Waals surface area contributed by atoms with Crippen molar-refractivity contribution >= 4 is 0 Å². The first-order chi connectivity index (χ1) is 6.20. The number of aliphatic hydroxyl groups is 1. The highest BCUT2D eigenvalue weighted by Crippen LogP contribution is 2.11. The van der Waals surface area contributed by atoms with Crippen LogP contribution in [0, 0.1) is 0 Å². The second-order valence-electron chi connectivity index (χ2n) is 3.57. The fourth-order valence-corrected chi connectivity index (χ4v) is 1.29. The molecular formula is C12H22O. The molecule has 0 aromatic carbocycles. The van der Waals surface area contributed by atoms with Crippen LogP contribution in [-0.4, -0.2) is 11.2 Å². The van der Waals surface area contributed by atoms with Gasteiger partial charge in [-0.3, -0.25) is 0 Å². The third-order valence-electron chi connectivity index (χ3n) is 2.18. The van der Waals surface area contributed by atoms with Crippen molar-refractivity contribution in [3.8, 4) is 0 Å². The molecule has 0 aliphatic rings. The molecule has 1 nitrogen and oxygen atoms in total. The zero-order valence-corrected chi connectivity index (χ0v) is 8.76. The molecule has 0 aliphatic carbocycles. The Morgan fingerprint density at radius 3 is 2.62 bits per heavy atom. The van der Waals surface area contributed by atoms with Gasteiger partial charge in [-0.25, -0.2) is 0 Å². The SMILES string of the molecule is C=CC(=C)C[C@H](O)CCCCCC. The predicted octanol–water partition coefficient (Wildman–Crippen LogP) is 3.45. The van der Waals surface area contributed by atoms with Crippen molar-refractivity contribution < 1.29 is 5.11 Å². The molecule has 0 aliphatic heterocycles. The molecule has 0 heterocycles. The Balaban J connectivity index is 3.34. The topological polar surface area (TPSA) is 20.2 Å². The van der Waals surface area contributed by atoms with Crippen molar-refractivity contribution in [2.45, 2.75) is 51.6 Å². The van der Waals surface area contributed by atoms with Crippen molar-refractivity contribution in [1.82, 2.24) is 0 Å². The molecule has 1 atom stereocenters. The van der Waals surface area contributed by atoms with E-state index in [9.17, 15) is 5.11 Å². The van der Waals surface area contributed by atoms with E-state index in [-0.39, 0.29) is 6.10 Å². The average Bonchev–Trinajstić information content (AvgIpc) is 2.12. The second kappa shape index (κ2) is 8.06. The Labute approximate surface area is 82.2 Å². The molecule has 0 bridgehead atoms. The molecule has 13 heavy (non-hydrogen) atoms. The Morgan fingerprint density at radius 1 is 1.38 bits per heavy atom. The summed E-state index contributed by atoms with van der Waals surface area (Å²) in [6.07, 6.45) is 7.94. The molecule has 1 N–H and O–H groups in total. The lowest BCUT2D eigenvalue weighted by Crippen LogP contribution is -2.06. The van der Waals surface area contributed by atoms with E-state index in [1.807, 2.05) is 0 Å². The van der Waals surface area contributed by atoms with Gasteiger partial charge in [0, 0.05) is 0 Å². The van der Waals surface area contributed by atoms with Crippen LogP contribution in [0.5, 0.6) is 0 Å². The summed E-state index contributed by atoms with van der Waals surface area (Å²) >= 11 is 0. The van der Waals surface area contributed by atoms with Gasteiger partial charge >= 0.3 is 0 Å². The molecular weight excluding hydrogens is 160 g/mol. The van der Waals surface area contributed by atoms with Gasteiger partial charge in [0.2, 0.25) is 0 Å². The van der Waals surface area contributed by atoms with Crippen molar-refractivity contribution in [1.29, 1.82) is 0 Å². The molecule has 1 heteroatoms. The maximum atomic E-state index is 9.54. The average molecular weight is 182 g/mol. The fourth-order valence-electron chi connectivity index (χ4n) is 1.29. The van der Waals surface area contributed by atoms with Crippen LogP contribution in [0.3, 0.4) is 0 Å².